The average molecular weight is 317 g/mol. The van der Waals surface area contributed by atoms with Crippen LogP contribution in [0, 0.1) is 5.92 Å². The molecule has 1 atom stereocenters. The highest BCUT2D eigenvalue weighted by atomic mass is 19.4. The van der Waals surface area contributed by atoms with Crippen molar-refractivity contribution in [2.75, 3.05) is 25.0 Å². The Labute approximate surface area is 126 Å². The largest absolute Gasteiger partial charge is 0.573 e. The Morgan fingerprint density at radius 2 is 2.05 bits per heavy atom. The number of rotatable bonds is 3. The number of nitrogens with one attached hydrogen (secondary N) is 1. The summed E-state index contributed by atoms with van der Waals surface area (Å²) in [5.74, 6) is -0.0336. The Hall–Kier alpha value is -1.96. The number of halogens is 3. The van der Waals surface area contributed by atoms with E-state index in [1.807, 2.05) is 0 Å². The zero-order chi connectivity index (χ0) is 16.2. The SMILES string of the molecule is NCC1CCCN(C(=O)Nc2ccc(OC(F)(F)F)cc2)C1. The third-order valence-corrected chi connectivity index (χ3v) is 3.48. The van der Waals surface area contributed by atoms with Gasteiger partial charge in [0.2, 0.25) is 0 Å². The minimum atomic E-state index is -4.73. The number of hydrogen-bond acceptors (Lipinski definition) is 3. The summed E-state index contributed by atoms with van der Waals surface area (Å²) in [6.45, 7) is 1.78. The molecule has 1 heterocycles. The van der Waals surface area contributed by atoms with E-state index in [0.29, 0.717) is 31.2 Å². The van der Waals surface area contributed by atoms with Crippen molar-refractivity contribution in [3.05, 3.63) is 24.3 Å². The minimum Gasteiger partial charge on any atom is -0.406 e. The highest BCUT2D eigenvalue weighted by Gasteiger charge is 2.31. The van der Waals surface area contributed by atoms with Gasteiger partial charge < -0.3 is 20.7 Å². The number of carbonyl (C=O) groups is 1. The Morgan fingerprint density at radius 3 is 2.64 bits per heavy atom. The van der Waals surface area contributed by atoms with Crippen LogP contribution in [0.15, 0.2) is 24.3 Å². The standard InChI is InChI=1S/C14H18F3N3O2/c15-14(16,17)22-12-5-3-11(4-6-12)19-13(21)20-7-1-2-10(8-18)9-20/h3-6,10H,1-2,7-9,18H2,(H,19,21). The van der Waals surface area contributed by atoms with Crippen molar-refractivity contribution in [2.24, 2.45) is 11.7 Å². The fraction of sp³-hybridized carbons (Fsp3) is 0.500. The van der Waals surface area contributed by atoms with Crippen molar-refractivity contribution in [1.82, 2.24) is 4.90 Å². The third kappa shape index (κ3) is 4.80. The van der Waals surface area contributed by atoms with E-state index in [1.165, 1.54) is 12.1 Å². The second kappa shape index (κ2) is 6.87. The average Bonchev–Trinajstić information content (AvgIpc) is 2.48. The van der Waals surface area contributed by atoms with E-state index < -0.39 is 6.36 Å². The number of urea groups is 1. The zero-order valence-corrected chi connectivity index (χ0v) is 11.9. The molecule has 2 amide bonds. The molecule has 1 aliphatic rings. The van der Waals surface area contributed by atoms with Gasteiger partial charge in [-0.3, -0.25) is 0 Å². The molecule has 0 radical (unpaired) electrons. The van der Waals surface area contributed by atoms with Crippen LogP contribution in [0.3, 0.4) is 0 Å². The molecule has 3 N–H and O–H groups in total. The molecule has 0 saturated carbocycles. The van der Waals surface area contributed by atoms with Crippen LogP contribution in [0.4, 0.5) is 23.7 Å². The summed E-state index contributed by atoms with van der Waals surface area (Å²) < 4.78 is 39.9. The summed E-state index contributed by atoms with van der Waals surface area (Å²) in [4.78, 5) is 13.8. The fourth-order valence-electron chi connectivity index (χ4n) is 2.38. The minimum absolute atomic E-state index is 0.275. The number of nitrogens with two attached hydrogens (primary N) is 1. The van der Waals surface area contributed by atoms with E-state index >= 15 is 0 Å². The first-order valence-electron chi connectivity index (χ1n) is 6.99. The van der Waals surface area contributed by atoms with E-state index in [1.54, 1.807) is 4.90 Å². The number of nitrogens with zero attached hydrogens (tertiary/aromatic N) is 1. The van der Waals surface area contributed by atoms with Crippen molar-refractivity contribution >= 4 is 11.7 Å². The van der Waals surface area contributed by atoms with Gasteiger partial charge >= 0.3 is 12.4 Å². The molecule has 1 aromatic rings. The summed E-state index contributed by atoms with van der Waals surface area (Å²) in [5, 5.41) is 2.66. The molecule has 1 aromatic carbocycles. The van der Waals surface area contributed by atoms with Crippen LogP contribution < -0.4 is 15.8 Å². The molecule has 1 fully saturated rings. The van der Waals surface area contributed by atoms with Gasteiger partial charge in [-0.25, -0.2) is 4.79 Å². The predicted octanol–water partition coefficient (Wildman–Crippen LogP) is 2.79. The summed E-state index contributed by atoms with van der Waals surface area (Å²) in [6, 6.07) is 4.76. The molecule has 0 bridgehead atoms. The molecule has 0 aliphatic carbocycles. The van der Waals surface area contributed by atoms with Crippen molar-refractivity contribution < 1.29 is 22.7 Å². The number of likely N-dealkylation sites (tertiary alicyclic amines) is 1. The van der Waals surface area contributed by atoms with Gasteiger partial charge in [0.1, 0.15) is 5.75 Å². The molecule has 8 heteroatoms. The Balaban J connectivity index is 1.91. The smallest absolute Gasteiger partial charge is 0.406 e. The summed E-state index contributed by atoms with van der Waals surface area (Å²) in [5.41, 5.74) is 6.03. The van der Waals surface area contributed by atoms with E-state index in [9.17, 15) is 18.0 Å². The van der Waals surface area contributed by atoms with Gasteiger partial charge in [-0.1, -0.05) is 0 Å². The van der Waals surface area contributed by atoms with E-state index in [0.717, 1.165) is 25.0 Å². The molecule has 0 spiro atoms. The fourth-order valence-corrected chi connectivity index (χ4v) is 2.38. The van der Waals surface area contributed by atoms with E-state index in [4.69, 9.17) is 5.73 Å². The summed E-state index contributed by atoms with van der Waals surface area (Å²) in [7, 11) is 0. The normalized spacial score (nSPS) is 18.9. The van der Waals surface area contributed by atoms with Crippen molar-refractivity contribution in [3.63, 3.8) is 0 Å². The monoisotopic (exact) mass is 317 g/mol. The quantitative estimate of drug-likeness (QED) is 0.901. The molecule has 1 unspecified atom stereocenters. The number of ether oxygens (including phenoxy) is 1. The van der Waals surface area contributed by atoms with Gasteiger partial charge in [0.05, 0.1) is 0 Å². The number of piperidine rings is 1. The van der Waals surface area contributed by atoms with Gasteiger partial charge in [0.15, 0.2) is 0 Å². The zero-order valence-electron chi connectivity index (χ0n) is 11.9. The van der Waals surface area contributed by atoms with E-state index in [2.05, 4.69) is 10.1 Å². The number of hydrogen-bond donors (Lipinski definition) is 2. The molecule has 1 aliphatic heterocycles. The van der Waals surface area contributed by atoms with Crippen molar-refractivity contribution in [1.29, 1.82) is 0 Å². The molecule has 22 heavy (non-hydrogen) atoms. The Morgan fingerprint density at radius 1 is 1.36 bits per heavy atom. The lowest BCUT2D eigenvalue weighted by molar-refractivity contribution is -0.274. The maximum absolute atomic E-state index is 12.1. The number of amides is 2. The lowest BCUT2D eigenvalue weighted by Gasteiger charge is -2.32. The third-order valence-electron chi connectivity index (χ3n) is 3.48. The highest BCUT2D eigenvalue weighted by Crippen LogP contribution is 2.24. The van der Waals surface area contributed by atoms with Crippen LogP contribution >= 0.6 is 0 Å². The molecule has 1 saturated heterocycles. The second-order valence-corrected chi connectivity index (χ2v) is 5.19. The van der Waals surface area contributed by atoms with Gasteiger partial charge in [-0.15, -0.1) is 13.2 Å². The van der Waals surface area contributed by atoms with Crippen LogP contribution in [-0.4, -0.2) is 36.9 Å². The first-order valence-corrected chi connectivity index (χ1v) is 6.99. The van der Waals surface area contributed by atoms with Crippen molar-refractivity contribution in [3.8, 4) is 5.75 Å². The summed E-state index contributed by atoms with van der Waals surface area (Å²) in [6.07, 6.45) is -2.83. The van der Waals surface area contributed by atoms with Crippen LogP contribution in [0.2, 0.25) is 0 Å². The number of carbonyl (C=O) groups excluding carboxylic acids is 1. The van der Waals surface area contributed by atoms with Gasteiger partial charge in [-0.05, 0) is 49.6 Å². The van der Waals surface area contributed by atoms with Gasteiger partial charge in [-0.2, -0.15) is 0 Å². The molecule has 5 nitrogen and oxygen atoms in total. The van der Waals surface area contributed by atoms with E-state index in [-0.39, 0.29) is 11.8 Å². The van der Waals surface area contributed by atoms with Crippen LogP contribution in [0.5, 0.6) is 5.75 Å². The second-order valence-electron chi connectivity index (χ2n) is 5.19. The van der Waals surface area contributed by atoms with Gasteiger partial charge in [0, 0.05) is 18.8 Å². The maximum atomic E-state index is 12.1. The molecular formula is C14H18F3N3O2. The number of anilines is 1. The lowest BCUT2D eigenvalue weighted by Crippen LogP contribution is -2.44. The number of benzene rings is 1. The molecule has 2 rings (SSSR count). The van der Waals surface area contributed by atoms with Crippen LogP contribution in [-0.2, 0) is 0 Å². The Bertz CT molecular complexity index is 505. The number of alkyl halides is 3. The topological polar surface area (TPSA) is 67.6 Å². The van der Waals surface area contributed by atoms with Crippen LogP contribution in [0.1, 0.15) is 12.8 Å². The van der Waals surface area contributed by atoms with Crippen molar-refractivity contribution in [2.45, 2.75) is 19.2 Å². The molecule has 122 valence electrons. The Kier molecular flexibility index (Phi) is 5.12. The van der Waals surface area contributed by atoms with Crippen LogP contribution in [0.25, 0.3) is 0 Å². The first kappa shape index (κ1) is 16.4. The highest BCUT2D eigenvalue weighted by molar-refractivity contribution is 5.89. The molecule has 0 aromatic heterocycles. The predicted molar refractivity (Wildman–Crippen MR) is 75.5 cm³/mol. The maximum Gasteiger partial charge on any atom is 0.573 e. The summed E-state index contributed by atoms with van der Waals surface area (Å²) >= 11 is 0. The first-order chi connectivity index (χ1) is 10.4. The molecular weight excluding hydrogens is 299 g/mol. The lowest BCUT2D eigenvalue weighted by atomic mass is 9.99. The van der Waals surface area contributed by atoms with Gasteiger partial charge in [0.25, 0.3) is 0 Å².